The van der Waals surface area contributed by atoms with Crippen LogP contribution in [0.1, 0.15) is 18.4 Å². The van der Waals surface area contributed by atoms with Crippen molar-refractivity contribution in [3.05, 3.63) is 29.8 Å². The first-order valence-electron chi connectivity index (χ1n) is 7.04. The number of halogens is 3. The quantitative estimate of drug-likeness (QED) is 0.918. The minimum atomic E-state index is -4.47. The average molecular weight is 336 g/mol. The summed E-state index contributed by atoms with van der Waals surface area (Å²) < 4.78 is 64.1. The largest absolute Gasteiger partial charge is 0.416 e. The summed E-state index contributed by atoms with van der Waals surface area (Å²) in [6, 6.07) is 3.54. The third-order valence-corrected chi connectivity index (χ3v) is 5.33. The maximum atomic E-state index is 12.5. The molecular formula is C14H19F3N2O2S. The van der Waals surface area contributed by atoms with E-state index in [1.54, 1.807) is 0 Å². The van der Waals surface area contributed by atoms with Crippen LogP contribution in [0.5, 0.6) is 0 Å². The van der Waals surface area contributed by atoms with Gasteiger partial charge in [-0.05, 0) is 63.2 Å². The Morgan fingerprint density at radius 3 is 2.23 bits per heavy atom. The molecule has 0 atom stereocenters. The van der Waals surface area contributed by atoms with Gasteiger partial charge in [-0.1, -0.05) is 0 Å². The normalized spacial score (nSPS) is 18.5. The number of benzene rings is 1. The molecule has 4 nitrogen and oxygen atoms in total. The van der Waals surface area contributed by atoms with Crippen LogP contribution in [0.3, 0.4) is 0 Å². The molecule has 8 heteroatoms. The number of sulfonamides is 1. The summed E-state index contributed by atoms with van der Waals surface area (Å²) in [5, 5.41) is 0. The van der Waals surface area contributed by atoms with Crippen molar-refractivity contribution < 1.29 is 21.6 Å². The van der Waals surface area contributed by atoms with Crippen LogP contribution < -0.4 is 4.72 Å². The lowest BCUT2D eigenvalue weighted by Gasteiger charge is -2.28. The van der Waals surface area contributed by atoms with Crippen molar-refractivity contribution in [3.8, 4) is 0 Å². The second kappa shape index (κ2) is 6.55. The fourth-order valence-corrected chi connectivity index (χ4v) is 3.52. The summed E-state index contributed by atoms with van der Waals surface area (Å²) in [7, 11) is -1.75. The van der Waals surface area contributed by atoms with Crippen LogP contribution in [0.25, 0.3) is 0 Å². The molecule has 0 bridgehead atoms. The van der Waals surface area contributed by atoms with Gasteiger partial charge in [0, 0.05) is 6.54 Å². The Morgan fingerprint density at radius 2 is 1.73 bits per heavy atom. The van der Waals surface area contributed by atoms with Gasteiger partial charge in [-0.3, -0.25) is 0 Å². The molecule has 1 heterocycles. The molecule has 1 N–H and O–H groups in total. The van der Waals surface area contributed by atoms with E-state index in [-0.39, 0.29) is 10.8 Å². The smallest absolute Gasteiger partial charge is 0.306 e. The van der Waals surface area contributed by atoms with Crippen molar-refractivity contribution in [1.29, 1.82) is 0 Å². The second-order valence-electron chi connectivity index (χ2n) is 5.62. The Labute approximate surface area is 128 Å². The second-order valence-corrected chi connectivity index (χ2v) is 7.39. The highest BCUT2D eigenvalue weighted by atomic mass is 32.2. The highest BCUT2D eigenvalue weighted by Crippen LogP contribution is 2.29. The Bertz CT molecular complexity index is 592. The standard InChI is InChI=1S/C14H19F3N2O2S/c1-19-8-6-11(7-9-19)10-18-22(20,21)13-4-2-12(3-5-13)14(15,16)17/h2-5,11,18H,6-10H2,1H3. The van der Waals surface area contributed by atoms with Crippen molar-refractivity contribution in [1.82, 2.24) is 9.62 Å². The Balaban J connectivity index is 1.98. The fraction of sp³-hybridized carbons (Fsp3) is 0.571. The van der Waals surface area contributed by atoms with Gasteiger partial charge >= 0.3 is 6.18 Å². The molecule has 0 amide bonds. The van der Waals surface area contributed by atoms with Crippen LogP contribution in [-0.4, -0.2) is 40.0 Å². The molecule has 1 aromatic carbocycles. The van der Waals surface area contributed by atoms with Crippen molar-refractivity contribution in [2.45, 2.75) is 23.9 Å². The molecule has 0 radical (unpaired) electrons. The van der Waals surface area contributed by atoms with E-state index in [9.17, 15) is 21.6 Å². The third kappa shape index (κ3) is 4.44. The molecule has 0 unspecified atom stereocenters. The first-order chi connectivity index (χ1) is 10.2. The summed E-state index contributed by atoms with van der Waals surface area (Å²) in [6.07, 6.45) is -2.65. The van der Waals surface area contributed by atoms with Crippen LogP contribution in [0.4, 0.5) is 13.2 Å². The van der Waals surface area contributed by atoms with Gasteiger partial charge in [0.05, 0.1) is 10.5 Å². The molecule has 124 valence electrons. The lowest BCUT2D eigenvalue weighted by Crippen LogP contribution is -2.36. The van der Waals surface area contributed by atoms with Crippen molar-refractivity contribution in [2.75, 3.05) is 26.7 Å². The van der Waals surface area contributed by atoms with Crippen LogP contribution >= 0.6 is 0 Å². The Morgan fingerprint density at radius 1 is 1.18 bits per heavy atom. The third-order valence-electron chi connectivity index (χ3n) is 3.89. The van der Waals surface area contributed by atoms with E-state index in [2.05, 4.69) is 9.62 Å². The van der Waals surface area contributed by atoms with E-state index in [0.717, 1.165) is 50.2 Å². The molecule has 0 aromatic heterocycles. The number of nitrogens with zero attached hydrogens (tertiary/aromatic N) is 1. The first-order valence-corrected chi connectivity index (χ1v) is 8.52. The van der Waals surface area contributed by atoms with Gasteiger partial charge in [-0.15, -0.1) is 0 Å². The van der Waals surface area contributed by atoms with E-state index in [0.29, 0.717) is 6.54 Å². The monoisotopic (exact) mass is 336 g/mol. The first kappa shape index (κ1) is 17.2. The molecular weight excluding hydrogens is 317 g/mol. The van der Waals surface area contributed by atoms with Gasteiger partial charge in [0.25, 0.3) is 0 Å². The number of nitrogens with one attached hydrogen (secondary N) is 1. The maximum Gasteiger partial charge on any atom is 0.416 e. The number of piperidine rings is 1. The lowest BCUT2D eigenvalue weighted by molar-refractivity contribution is -0.137. The van der Waals surface area contributed by atoms with Gasteiger partial charge in [-0.25, -0.2) is 13.1 Å². The molecule has 0 aliphatic carbocycles. The van der Waals surface area contributed by atoms with E-state index in [1.807, 2.05) is 7.05 Å². The number of hydrogen-bond donors (Lipinski definition) is 1. The minimum Gasteiger partial charge on any atom is -0.306 e. The van der Waals surface area contributed by atoms with Gasteiger partial charge in [0.1, 0.15) is 0 Å². The number of hydrogen-bond acceptors (Lipinski definition) is 3. The topological polar surface area (TPSA) is 49.4 Å². The minimum absolute atomic E-state index is 0.145. The highest BCUT2D eigenvalue weighted by Gasteiger charge is 2.30. The van der Waals surface area contributed by atoms with Gasteiger partial charge in [-0.2, -0.15) is 13.2 Å². The molecule has 2 rings (SSSR count). The number of likely N-dealkylation sites (tertiary alicyclic amines) is 1. The van der Waals surface area contributed by atoms with E-state index in [4.69, 9.17) is 0 Å². The molecule has 1 fully saturated rings. The lowest BCUT2D eigenvalue weighted by atomic mass is 9.98. The van der Waals surface area contributed by atoms with E-state index >= 15 is 0 Å². The molecule has 0 spiro atoms. The molecule has 1 saturated heterocycles. The average Bonchev–Trinajstić information content (AvgIpc) is 2.46. The van der Waals surface area contributed by atoms with Gasteiger partial charge in [0.15, 0.2) is 0 Å². The summed E-state index contributed by atoms with van der Waals surface area (Å²) >= 11 is 0. The SMILES string of the molecule is CN1CCC(CNS(=O)(=O)c2ccc(C(F)(F)F)cc2)CC1. The zero-order chi connectivity index (χ0) is 16.4. The molecule has 0 saturated carbocycles. The van der Waals surface area contributed by atoms with E-state index < -0.39 is 21.8 Å². The summed E-state index contributed by atoms with van der Waals surface area (Å²) in [5.41, 5.74) is -0.859. The van der Waals surface area contributed by atoms with Crippen molar-refractivity contribution >= 4 is 10.0 Å². The molecule has 1 aliphatic heterocycles. The summed E-state index contributed by atoms with van der Waals surface area (Å²) in [4.78, 5) is 2.04. The van der Waals surface area contributed by atoms with Crippen molar-refractivity contribution in [2.24, 2.45) is 5.92 Å². The fourth-order valence-electron chi connectivity index (χ4n) is 2.40. The van der Waals surface area contributed by atoms with Crippen LogP contribution in [0.15, 0.2) is 29.2 Å². The van der Waals surface area contributed by atoms with Crippen LogP contribution in [0.2, 0.25) is 0 Å². The molecule has 1 aromatic rings. The summed E-state index contributed by atoms with van der Waals surface area (Å²) in [5.74, 6) is 0.264. The van der Waals surface area contributed by atoms with Crippen LogP contribution in [0, 0.1) is 5.92 Å². The van der Waals surface area contributed by atoms with Crippen molar-refractivity contribution in [3.63, 3.8) is 0 Å². The highest BCUT2D eigenvalue weighted by molar-refractivity contribution is 7.89. The zero-order valence-electron chi connectivity index (χ0n) is 12.2. The maximum absolute atomic E-state index is 12.5. The zero-order valence-corrected chi connectivity index (χ0v) is 13.0. The van der Waals surface area contributed by atoms with Gasteiger partial charge < -0.3 is 4.90 Å². The Kier molecular flexibility index (Phi) is 5.14. The predicted octanol–water partition coefficient (Wildman–Crippen LogP) is 2.33. The molecule has 22 heavy (non-hydrogen) atoms. The summed E-state index contributed by atoms with van der Waals surface area (Å²) in [6.45, 7) is 2.16. The molecule has 1 aliphatic rings. The number of rotatable bonds is 4. The van der Waals surface area contributed by atoms with Gasteiger partial charge in [0.2, 0.25) is 10.0 Å². The Hall–Kier alpha value is -1.12. The van der Waals surface area contributed by atoms with Crippen LogP contribution in [-0.2, 0) is 16.2 Å². The predicted molar refractivity (Wildman–Crippen MR) is 76.9 cm³/mol. The number of alkyl halides is 3. The van der Waals surface area contributed by atoms with E-state index in [1.165, 1.54) is 0 Å².